The fourth-order valence-electron chi connectivity index (χ4n) is 7.43. The fraction of sp³-hybridized carbons (Fsp3) is 0.618. The molecule has 51 heavy (non-hydrogen) atoms. The SMILES string of the molecule is CCc1cnc(N[C@H](C(=O)N2C[C@H](OC(=O)N3Cc4cccc(Cl)c4C3)C[C@H]2C(=O)N[C@]2(C(=O)NS(=O)(=O)C3CC3)C[C@H]2I)C2CCCCC2)s1. The summed E-state index contributed by atoms with van der Waals surface area (Å²) in [5, 5.41) is 6.84. The first-order chi connectivity index (χ1) is 24.4. The standard InChI is InChI=1S/C34H42ClIN6O7S2/c1-2-22-15-37-32(50-22)38-28(19-7-4-3-5-8-19)30(44)42-17-21(49-33(46)41-16-20-9-6-10-25(35)24(20)18-41)13-26(42)29(43)39-34(14-27(34)36)31(45)40-51(47,48)23-11-12-23/h6,9-10,15,19,21,23,26-28H,2-5,7-8,11-14,16-18H2,1H3,(H,37,38)(H,39,43)(H,40,45)/t21-,26+,27-,28+,34-/m1/s1. The molecule has 3 heterocycles. The first-order valence-electron chi connectivity index (χ1n) is 17.6. The number of carbonyl (C=O) groups is 4. The van der Waals surface area contributed by atoms with Crippen molar-refractivity contribution in [2.24, 2.45) is 5.92 Å². The Morgan fingerprint density at radius 3 is 2.53 bits per heavy atom. The number of halogens is 2. The Morgan fingerprint density at radius 1 is 1.14 bits per heavy atom. The van der Waals surface area contributed by atoms with Gasteiger partial charge in [0.1, 0.15) is 23.7 Å². The lowest BCUT2D eigenvalue weighted by atomic mass is 9.83. The highest BCUT2D eigenvalue weighted by Gasteiger charge is 2.62. The molecule has 5 atom stereocenters. The molecule has 2 aromatic rings. The summed E-state index contributed by atoms with van der Waals surface area (Å²) in [6.45, 7) is 2.64. The number of ether oxygens (including phenoxy) is 1. The monoisotopic (exact) mass is 872 g/mol. The summed E-state index contributed by atoms with van der Waals surface area (Å²) in [4.78, 5) is 64.4. The minimum absolute atomic E-state index is 0.00491. The van der Waals surface area contributed by atoms with E-state index in [1.165, 1.54) is 16.2 Å². The van der Waals surface area contributed by atoms with E-state index in [1.807, 2.05) is 41.6 Å². The van der Waals surface area contributed by atoms with Gasteiger partial charge < -0.3 is 20.3 Å². The zero-order valence-electron chi connectivity index (χ0n) is 28.2. The molecule has 3 saturated carbocycles. The van der Waals surface area contributed by atoms with Gasteiger partial charge in [0.15, 0.2) is 5.13 Å². The maximum absolute atomic E-state index is 14.7. The van der Waals surface area contributed by atoms with Crippen molar-refractivity contribution >= 4 is 84.5 Å². The third kappa shape index (κ3) is 7.70. The Bertz CT molecular complexity index is 1820. The second kappa shape index (κ2) is 14.6. The van der Waals surface area contributed by atoms with Crippen molar-refractivity contribution in [3.63, 3.8) is 0 Å². The highest BCUT2D eigenvalue weighted by Crippen LogP contribution is 2.44. The van der Waals surface area contributed by atoms with E-state index >= 15 is 0 Å². The van der Waals surface area contributed by atoms with Crippen LogP contribution in [0.15, 0.2) is 24.4 Å². The minimum atomic E-state index is -3.84. The Labute approximate surface area is 320 Å². The molecule has 0 unspecified atom stereocenters. The van der Waals surface area contributed by atoms with Gasteiger partial charge in [0.2, 0.25) is 21.8 Å². The highest BCUT2D eigenvalue weighted by molar-refractivity contribution is 14.1. The Balaban J connectivity index is 1.12. The molecule has 2 aliphatic heterocycles. The molecule has 3 aliphatic carbocycles. The number of sulfonamides is 1. The maximum Gasteiger partial charge on any atom is 0.410 e. The van der Waals surface area contributed by atoms with E-state index in [1.54, 1.807) is 17.2 Å². The molecule has 0 spiro atoms. The quantitative estimate of drug-likeness (QED) is 0.218. The van der Waals surface area contributed by atoms with Crippen molar-refractivity contribution in [1.82, 2.24) is 24.8 Å². The molecule has 1 aromatic carbocycles. The van der Waals surface area contributed by atoms with Crippen LogP contribution in [-0.4, -0.2) is 86.5 Å². The topological polar surface area (TPSA) is 167 Å². The fourth-order valence-corrected chi connectivity index (χ4v) is 11.0. The summed E-state index contributed by atoms with van der Waals surface area (Å²) in [5.41, 5.74) is 0.360. The zero-order valence-corrected chi connectivity index (χ0v) is 32.8. The molecule has 1 saturated heterocycles. The van der Waals surface area contributed by atoms with Crippen LogP contribution in [0.2, 0.25) is 5.02 Å². The second-order valence-electron chi connectivity index (χ2n) is 14.3. The third-order valence-corrected chi connectivity index (χ3v) is 15.4. The van der Waals surface area contributed by atoms with Crippen LogP contribution < -0.4 is 15.4 Å². The van der Waals surface area contributed by atoms with E-state index < -0.39 is 56.9 Å². The van der Waals surface area contributed by atoms with E-state index in [9.17, 15) is 27.6 Å². The van der Waals surface area contributed by atoms with Crippen molar-refractivity contribution in [3.8, 4) is 0 Å². The summed E-state index contributed by atoms with van der Waals surface area (Å²) in [7, 11) is -3.84. The molecule has 1 aromatic heterocycles. The summed E-state index contributed by atoms with van der Waals surface area (Å²) in [6.07, 6.45) is 7.21. The highest BCUT2D eigenvalue weighted by atomic mass is 127. The van der Waals surface area contributed by atoms with Gasteiger partial charge in [-0.2, -0.15) is 0 Å². The number of benzene rings is 1. The Hall–Kier alpha value is -2.70. The lowest BCUT2D eigenvalue weighted by Gasteiger charge is -2.34. The largest absolute Gasteiger partial charge is 0.444 e. The van der Waals surface area contributed by atoms with Crippen LogP contribution in [0, 0.1) is 5.92 Å². The van der Waals surface area contributed by atoms with Crippen molar-refractivity contribution in [2.75, 3.05) is 11.9 Å². The van der Waals surface area contributed by atoms with E-state index in [4.69, 9.17) is 16.3 Å². The summed E-state index contributed by atoms with van der Waals surface area (Å²) < 4.78 is 33.1. The number of carbonyl (C=O) groups excluding carboxylic acids is 4. The lowest BCUT2D eigenvalue weighted by molar-refractivity contribution is -0.141. The molecular weight excluding hydrogens is 831 g/mol. The summed E-state index contributed by atoms with van der Waals surface area (Å²) in [6, 6.07) is 3.79. The zero-order chi connectivity index (χ0) is 36.1. The maximum atomic E-state index is 14.7. The number of fused-ring (bicyclic) bond motifs is 1. The minimum Gasteiger partial charge on any atom is -0.444 e. The van der Waals surface area contributed by atoms with Crippen LogP contribution in [-0.2, 0) is 48.7 Å². The lowest BCUT2D eigenvalue weighted by Crippen LogP contribution is -2.58. The number of nitrogens with one attached hydrogen (secondary N) is 3. The van der Waals surface area contributed by atoms with Gasteiger partial charge in [0.25, 0.3) is 5.91 Å². The summed E-state index contributed by atoms with van der Waals surface area (Å²) >= 11 is 9.91. The van der Waals surface area contributed by atoms with Gasteiger partial charge in [-0.1, -0.05) is 72.5 Å². The van der Waals surface area contributed by atoms with Crippen molar-refractivity contribution in [1.29, 1.82) is 0 Å². The number of aromatic nitrogens is 1. The predicted molar refractivity (Wildman–Crippen MR) is 200 cm³/mol. The Kier molecular flexibility index (Phi) is 10.5. The van der Waals surface area contributed by atoms with Crippen LogP contribution in [0.25, 0.3) is 0 Å². The normalized spacial score (nSPS) is 26.7. The number of anilines is 1. The number of amides is 4. The number of aryl methyl sites for hydroxylation is 1. The smallest absolute Gasteiger partial charge is 0.410 e. The van der Waals surface area contributed by atoms with Gasteiger partial charge in [-0.15, -0.1) is 11.3 Å². The van der Waals surface area contributed by atoms with Gasteiger partial charge in [-0.3, -0.25) is 24.0 Å². The van der Waals surface area contributed by atoms with Crippen molar-refractivity contribution in [3.05, 3.63) is 45.4 Å². The van der Waals surface area contributed by atoms with Crippen molar-refractivity contribution in [2.45, 2.75) is 117 Å². The molecule has 13 nitrogen and oxygen atoms in total. The number of nitrogens with zero attached hydrogens (tertiary/aromatic N) is 3. The van der Waals surface area contributed by atoms with Crippen LogP contribution in [0.5, 0.6) is 0 Å². The second-order valence-corrected chi connectivity index (χ2v) is 19.3. The molecular formula is C34H42ClIN6O7S2. The van der Waals surface area contributed by atoms with Gasteiger partial charge in [0, 0.05) is 33.0 Å². The molecule has 7 rings (SSSR count). The van der Waals surface area contributed by atoms with Crippen LogP contribution in [0.1, 0.15) is 80.7 Å². The van der Waals surface area contributed by atoms with Gasteiger partial charge in [-0.05, 0) is 61.6 Å². The predicted octanol–water partition coefficient (Wildman–Crippen LogP) is 4.51. The first-order valence-corrected chi connectivity index (χ1v) is 21.6. The number of rotatable bonds is 11. The Morgan fingerprint density at radius 2 is 1.88 bits per heavy atom. The molecule has 0 bridgehead atoms. The first kappa shape index (κ1) is 36.6. The average molecular weight is 873 g/mol. The van der Waals surface area contributed by atoms with Gasteiger partial charge in [0.05, 0.1) is 18.3 Å². The molecule has 4 fully saturated rings. The van der Waals surface area contributed by atoms with Crippen molar-refractivity contribution < 1.29 is 32.3 Å². The number of hydrogen-bond donors (Lipinski definition) is 3. The third-order valence-electron chi connectivity index (χ3n) is 10.7. The molecule has 276 valence electrons. The molecule has 0 radical (unpaired) electrons. The number of thiazole rings is 1. The van der Waals surface area contributed by atoms with Gasteiger partial charge >= 0.3 is 6.09 Å². The van der Waals surface area contributed by atoms with E-state index in [-0.39, 0.29) is 41.7 Å². The number of alkyl halides is 1. The molecule has 3 N–H and O–H groups in total. The van der Waals surface area contributed by atoms with Gasteiger partial charge in [-0.25, -0.2) is 18.2 Å². The van der Waals surface area contributed by atoms with Crippen LogP contribution in [0.3, 0.4) is 0 Å². The van der Waals surface area contributed by atoms with E-state index in [0.29, 0.717) is 29.5 Å². The average Bonchev–Trinajstić information content (AvgIpc) is 3.88. The molecule has 4 amide bonds. The van der Waals surface area contributed by atoms with Crippen LogP contribution in [0.4, 0.5) is 9.93 Å². The van der Waals surface area contributed by atoms with E-state index in [2.05, 4.69) is 20.3 Å². The molecule has 17 heteroatoms. The summed E-state index contributed by atoms with van der Waals surface area (Å²) in [5.74, 6) is -1.66. The van der Waals surface area contributed by atoms with E-state index in [0.717, 1.165) is 54.5 Å². The number of hydrogen-bond acceptors (Lipinski definition) is 10. The molecule has 5 aliphatic rings. The number of likely N-dealkylation sites (tertiary alicyclic amines) is 1. The van der Waals surface area contributed by atoms with Crippen LogP contribution >= 0.6 is 45.5 Å².